The summed E-state index contributed by atoms with van der Waals surface area (Å²) in [4.78, 5) is 34.8. The van der Waals surface area contributed by atoms with Gasteiger partial charge in [-0.2, -0.15) is 0 Å². The number of amides is 1. The SMILES string of the molecule is Nc1ncc(C(=O)N2CCC(c3ccccc3C(=O)O)C2)c(-c2ccccc2)n1. The first-order valence-electron chi connectivity index (χ1n) is 9.34. The smallest absolute Gasteiger partial charge is 0.335 e. The lowest BCUT2D eigenvalue weighted by molar-refractivity contribution is 0.0695. The molecule has 0 bridgehead atoms. The third kappa shape index (κ3) is 3.67. The van der Waals surface area contributed by atoms with E-state index < -0.39 is 5.97 Å². The van der Waals surface area contributed by atoms with Crippen molar-refractivity contribution in [3.63, 3.8) is 0 Å². The Morgan fingerprint density at radius 3 is 2.52 bits per heavy atom. The lowest BCUT2D eigenvalue weighted by Gasteiger charge is -2.19. The quantitative estimate of drug-likeness (QED) is 0.711. The molecule has 7 nitrogen and oxygen atoms in total. The van der Waals surface area contributed by atoms with Gasteiger partial charge < -0.3 is 15.7 Å². The maximum absolute atomic E-state index is 13.2. The molecule has 1 aromatic heterocycles. The highest BCUT2D eigenvalue weighted by Gasteiger charge is 2.31. The molecule has 3 aromatic rings. The summed E-state index contributed by atoms with van der Waals surface area (Å²) in [7, 11) is 0. The molecule has 1 unspecified atom stereocenters. The van der Waals surface area contributed by atoms with Gasteiger partial charge >= 0.3 is 5.97 Å². The summed E-state index contributed by atoms with van der Waals surface area (Å²) >= 11 is 0. The summed E-state index contributed by atoms with van der Waals surface area (Å²) in [6, 6.07) is 16.3. The van der Waals surface area contributed by atoms with Gasteiger partial charge in [-0.3, -0.25) is 4.79 Å². The van der Waals surface area contributed by atoms with E-state index in [-0.39, 0.29) is 23.3 Å². The fourth-order valence-electron chi connectivity index (χ4n) is 3.78. The number of carbonyl (C=O) groups excluding carboxylic acids is 1. The fourth-order valence-corrected chi connectivity index (χ4v) is 3.78. The van der Waals surface area contributed by atoms with Crippen LogP contribution in [0, 0.1) is 0 Å². The number of anilines is 1. The van der Waals surface area contributed by atoms with Crippen LogP contribution in [0.4, 0.5) is 5.95 Å². The molecule has 1 aliphatic rings. The van der Waals surface area contributed by atoms with Crippen LogP contribution in [-0.2, 0) is 0 Å². The van der Waals surface area contributed by atoms with Crippen LogP contribution < -0.4 is 5.73 Å². The van der Waals surface area contributed by atoms with E-state index in [1.54, 1.807) is 17.0 Å². The number of carboxylic acid groups (broad SMARTS) is 1. The van der Waals surface area contributed by atoms with Crippen LogP contribution in [0.3, 0.4) is 0 Å². The number of hydrogen-bond acceptors (Lipinski definition) is 5. The van der Waals surface area contributed by atoms with Crippen molar-refractivity contribution >= 4 is 17.8 Å². The summed E-state index contributed by atoms with van der Waals surface area (Å²) in [6.45, 7) is 0.984. The molecular formula is C22H20N4O3. The van der Waals surface area contributed by atoms with Crippen molar-refractivity contribution in [3.8, 4) is 11.3 Å². The Balaban J connectivity index is 1.62. The number of hydrogen-bond donors (Lipinski definition) is 2. The van der Waals surface area contributed by atoms with Crippen molar-refractivity contribution in [2.45, 2.75) is 12.3 Å². The standard InChI is InChI=1S/C22H20N4O3/c23-22-24-12-18(19(25-22)14-6-2-1-3-7-14)20(27)26-11-10-15(13-26)16-8-4-5-9-17(16)21(28)29/h1-9,12,15H,10-11,13H2,(H,28,29)(H2,23,24,25). The van der Waals surface area contributed by atoms with Crippen molar-refractivity contribution in [1.29, 1.82) is 0 Å². The zero-order valence-corrected chi connectivity index (χ0v) is 15.7. The topological polar surface area (TPSA) is 109 Å². The molecular weight excluding hydrogens is 368 g/mol. The average Bonchev–Trinajstić information content (AvgIpc) is 3.24. The van der Waals surface area contributed by atoms with Crippen molar-refractivity contribution < 1.29 is 14.7 Å². The van der Waals surface area contributed by atoms with E-state index in [0.29, 0.717) is 30.8 Å². The monoisotopic (exact) mass is 388 g/mol. The zero-order valence-electron chi connectivity index (χ0n) is 15.7. The molecule has 3 N–H and O–H groups in total. The lowest BCUT2D eigenvalue weighted by atomic mass is 9.93. The number of carboxylic acids is 1. The van der Waals surface area contributed by atoms with E-state index in [0.717, 1.165) is 11.1 Å². The highest BCUT2D eigenvalue weighted by atomic mass is 16.4. The van der Waals surface area contributed by atoms with Crippen LogP contribution in [0.5, 0.6) is 0 Å². The fraction of sp³-hybridized carbons (Fsp3) is 0.182. The molecule has 0 spiro atoms. The van der Waals surface area contributed by atoms with Crippen LogP contribution >= 0.6 is 0 Å². The van der Waals surface area contributed by atoms with E-state index >= 15 is 0 Å². The maximum atomic E-state index is 13.2. The van der Waals surface area contributed by atoms with E-state index in [2.05, 4.69) is 9.97 Å². The minimum atomic E-state index is -0.955. The predicted octanol–water partition coefficient (Wildman–Crippen LogP) is 3.05. The summed E-state index contributed by atoms with van der Waals surface area (Å²) in [5, 5.41) is 9.46. The Bertz CT molecular complexity index is 1070. The molecule has 2 aromatic carbocycles. The second kappa shape index (κ2) is 7.71. The molecule has 7 heteroatoms. The minimum Gasteiger partial charge on any atom is -0.478 e. The first-order chi connectivity index (χ1) is 14.0. The van der Waals surface area contributed by atoms with Crippen molar-refractivity contribution in [3.05, 3.63) is 77.5 Å². The summed E-state index contributed by atoms with van der Waals surface area (Å²) in [5.74, 6) is -1.06. The van der Waals surface area contributed by atoms with Gasteiger partial charge in [0.2, 0.25) is 5.95 Å². The molecule has 146 valence electrons. The number of nitrogens with two attached hydrogens (primary N) is 1. The molecule has 1 amide bonds. The molecule has 1 saturated heterocycles. The Kier molecular flexibility index (Phi) is 4.95. The molecule has 4 rings (SSSR count). The van der Waals surface area contributed by atoms with Crippen LogP contribution in [0.1, 0.15) is 38.6 Å². The number of benzene rings is 2. The lowest BCUT2D eigenvalue weighted by Crippen LogP contribution is -2.29. The molecule has 1 atom stereocenters. The second-order valence-electron chi connectivity index (χ2n) is 6.99. The Labute approximate surface area is 167 Å². The minimum absolute atomic E-state index is 0.0267. The van der Waals surface area contributed by atoms with Gasteiger partial charge in [-0.1, -0.05) is 48.5 Å². The summed E-state index contributed by atoms with van der Waals surface area (Å²) in [5.41, 5.74) is 8.47. The molecule has 0 saturated carbocycles. The number of carbonyl (C=O) groups is 2. The average molecular weight is 388 g/mol. The van der Waals surface area contributed by atoms with Gasteiger partial charge in [0, 0.05) is 30.8 Å². The molecule has 29 heavy (non-hydrogen) atoms. The third-order valence-corrected chi connectivity index (χ3v) is 5.19. The largest absolute Gasteiger partial charge is 0.478 e. The van der Waals surface area contributed by atoms with E-state index in [9.17, 15) is 14.7 Å². The van der Waals surface area contributed by atoms with Crippen molar-refractivity contribution in [2.24, 2.45) is 0 Å². The number of nitrogen functional groups attached to an aromatic ring is 1. The van der Waals surface area contributed by atoms with Gasteiger partial charge in [-0.05, 0) is 18.1 Å². The highest BCUT2D eigenvalue weighted by Crippen LogP contribution is 2.32. The number of aromatic carboxylic acids is 1. The molecule has 1 aliphatic heterocycles. The maximum Gasteiger partial charge on any atom is 0.335 e. The van der Waals surface area contributed by atoms with Gasteiger partial charge in [0.15, 0.2) is 0 Å². The zero-order chi connectivity index (χ0) is 20.4. The van der Waals surface area contributed by atoms with Crippen molar-refractivity contribution in [2.75, 3.05) is 18.8 Å². The first kappa shape index (κ1) is 18.6. The van der Waals surface area contributed by atoms with Gasteiger partial charge in [-0.25, -0.2) is 14.8 Å². The number of nitrogens with zero attached hydrogens (tertiary/aromatic N) is 3. The Hall–Kier alpha value is -3.74. The number of likely N-dealkylation sites (tertiary alicyclic amines) is 1. The summed E-state index contributed by atoms with van der Waals surface area (Å²) in [6.07, 6.45) is 2.16. The third-order valence-electron chi connectivity index (χ3n) is 5.19. The van der Waals surface area contributed by atoms with E-state index in [4.69, 9.17) is 5.73 Å². The van der Waals surface area contributed by atoms with Gasteiger partial charge in [-0.15, -0.1) is 0 Å². The van der Waals surface area contributed by atoms with Gasteiger partial charge in [0.05, 0.1) is 16.8 Å². The first-order valence-corrected chi connectivity index (χ1v) is 9.34. The predicted molar refractivity (Wildman–Crippen MR) is 109 cm³/mol. The molecule has 1 fully saturated rings. The molecule has 0 radical (unpaired) electrons. The van der Waals surface area contributed by atoms with Gasteiger partial charge in [0.1, 0.15) is 0 Å². The van der Waals surface area contributed by atoms with Crippen molar-refractivity contribution in [1.82, 2.24) is 14.9 Å². The Morgan fingerprint density at radius 2 is 1.76 bits per heavy atom. The van der Waals surface area contributed by atoms with Crippen LogP contribution in [0.25, 0.3) is 11.3 Å². The van der Waals surface area contributed by atoms with Crippen LogP contribution in [0.2, 0.25) is 0 Å². The highest BCUT2D eigenvalue weighted by molar-refractivity contribution is 6.00. The number of aromatic nitrogens is 2. The Morgan fingerprint density at radius 1 is 1.03 bits per heavy atom. The number of rotatable bonds is 4. The summed E-state index contributed by atoms with van der Waals surface area (Å²) < 4.78 is 0. The van der Waals surface area contributed by atoms with Crippen LogP contribution in [-0.4, -0.2) is 44.9 Å². The van der Waals surface area contributed by atoms with Gasteiger partial charge in [0.25, 0.3) is 5.91 Å². The second-order valence-corrected chi connectivity index (χ2v) is 6.99. The van der Waals surface area contributed by atoms with E-state index in [1.165, 1.54) is 6.20 Å². The van der Waals surface area contributed by atoms with E-state index in [1.807, 2.05) is 42.5 Å². The molecule has 2 heterocycles. The molecule has 0 aliphatic carbocycles. The van der Waals surface area contributed by atoms with Crippen LogP contribution in [0.15, 0.2) is 60.8 Å². The normalized spacial score (nSPS) is 16.0.